The maximum absolute atomic E-state index is 5.52. The van der Waals surface area contributed by atoms with Crippen molar-refractivity contribution >= 4 is 0 Å². The van der Waals surface area contributed by atoms with Gasteiger partial charge in [0.25, 0.3) is 0 Å². The second-order valence-corrected chi connectivity index (χ2v) is 5.41. The Kier molecular flexibility index (Phi) is 2.71. The first kappa shape index (κ1) is 11.2. The number of hydrogen-bond donors (Lipinski definition) is 1. The van der Waals surface area contributed by atoms with Gasteiger partial charge >= 0.3 is 0 Å². The summed E-state index contributed by atoms with van der Waals surface area (Å²) >= 11 is 0. The molecule has 4 heteroatoms. The first-order valence-electron chi connectivity index (χ1n) is 6.62. The summed E-state index contributed by atoms with van der Waals surface area (Å²) in [5.74, 6) is 0. The van der Waals surface area contributed by atoms with E-state index in [-0.39, 0.29) is 5.54 Å². The van der Waals surface area contributed by atoms with Crippen LogP contribution in [0.5, 0.6) is 0 Å². The van der Waals surface area contributed by atoms with E-state index in [1.54, 1.807) is 0 Å². The molecule has 94 valence electrons. The summed E-state index contributed by atoms with van der Waals surface area (Å²) < 4.78 is 7.86. The van der Waals surface area contributed by atoms with Gasteiger partial charge in [-0.05, 0) is 26.7 Å². The molecule has 1 aromatic rings. The van der Waals surface area contributed by atoms with Gasteiger partial charge in [-0.1, -0.05) is 0 Å². The van der Waals surface area contributed by atoms with Gasteiger partial charge < -0.3 is 14.6 Å². The monoisotopic (exact) mass is 235 g/mol. The molecule has 0 unspecified atom stereocenters. The van der Waals surface area contributed by atoms with Crippen LogP contribution in [0.15, 0.2) is 6.33 Å². The summed E-state index contributed by atoms with van der Waals surface area (Å²) in [6, 6.07) is 0.478. The molecule has 1 aromatic heterocycles. The molecule has 0 amide bonds. The molecule has 1 saturated heterocycles. The highest BCUT2D eigenvalue weighted by atomic mass is 16.5. The number of fused-ring (bicyclic) bond motifs is 2. The molecular weight excluding hydrogens is 214 g/mol. The third-order valence-corrected chi connectivity index (χ3v) is 4.05. The maximum atomic E-state index is 5.52. The van der Waals surface area contributed by atoms with Crippen LogP contribution >= 0.6 is 0 Å². The second-order valence-electron chi connectivity index (χ2n) is 5.41. The molecule has 0 aromatic carbocycles. The normalized spacial score (nSPS) is 23.0. The Morgan fingerprint density at radius 2 is 2.18 bits per heavy atom. The van der Waals surface area contributed by atoms with E-state index in [9.17, 15) is 0 Å². The van der Waals surface area contributed by atoms with Crippen LogP contribution in [-0.4, -0.2) is 29.3 Å². The molecule has 2 aliphatic heterocycles. The lowest BCUT2D eigenvalue weighted by atomic mass is 9.82. The molecule has 17 heavy (non-hydrogen) atoms. The van der Waals surface area contributed by atoms with Crippen LogP contribution < -0.4 is 5.32 Å². The summed E-state index contributed by atoms with van der Waals surface area (Å²) in [7, 11) is 0. The summed E-state index contributed by atoms with van der Waals surface area (Å²) in [6.07, 6.45) is 5.20. The largest absolute Gasteiger partial charge is 0.381 e. The highest BCUT2D eigenvalue weighted by Gasteiger charge is 2.41. The van der Waals surface area contributed by atoms with Gasteiger partial charge in [0.15, 0.2) is 0 Å². The molecule has 2 aliphatic rings. The fourth-order valence-corrected chi connectivity index (χ4v) is 3.13. The Morgan fingerprint density at radius 1 is 1.41 bits per heavy atom. The molecule has 0 aliphatic carbocycles. The van der Waals surface area contributed by atoms with Crippen LogP contribution in [0.2, 0.25) is 0 Å². The Hall–Kier alpha value is -0.870. The third-order valence-electron chi connectivity index (χ3n) is 4.05. The molecule has 4 nitrogen and oxygen atoms in total. The van der Waals surface area contributed by atoms with Crippen LogP contribution in [0, 0.1) is 0 Å². The molecule has 1 spiro atoms. The van der Waals surface area contributed by atoms with E-state index in [0.717, 1.165) is 39.0 Å². The molecule has 3 rings (SSSR count). The number of hydrogen-bond acceptors (Lipinski definition) is 3. The standard InChI is InChI=1S/C13H21N3O/c1-10(2)16-9-14-11-3-6-15-13(12(11)16)4-7-17-8-5-13/h9-10,15H,3-8H2,1-2H3. The van der Waals surface area contributed by atoms with Gasteiger partial charge in [0.2, 0.25) is 0 Å². The van der Waals surface area contributed by atoms with Gasteiger partial charge in [0, 0.05) is 32.2 Å². The van der Waals surface area contributed by atoms with Crippen molar-refractivity contribution < 1.29 is 4.74 Å². The van der Waals surface area contributed by atoms with Crippen molar-refractivity contribution in [3.63, 3.8) is 0 Å². The molecule has 1 N–H and O–H groups in total. The van der Waals surface area contributed by atoms with Crippen molar-refractivity contribution in [3.05, 3.63) is 17.7 Å². The Bertz CT molecular complexity index is 405. The van der Waals surface area contributed by atoms with Crippen LogP contribution in [-0.2, 0) is 16.7 Å². The zero-order valence-electron chi connectivity index (χ0n) is 10.7. The minimum atomic E-state index is 0.118. The van der Waals surface area contributed by atoms with E-state index >= 15 is 0 Å². The van der Waals surface area contributed by atoms with E-state index in [4.69, 9.17) is 4.74 Å². The highest BCUT2D eigenvalue weighted by molar-refractivity contribution is 5.28. The second kappa shape index (κ2) is 4.10. The van der Waals surface area contributed by atoms with Crippen LogP contribution in [0.25, 0.3) is 0 Å². The van der Waals surface area contributed by atoms with Gasteiger partial charge in [0.05, 0.1) is 23.3 Å². The van der Waals surface area contributed by atoms with Gasteiger partial charge in [-0.3, -0.25) is 0 Å². The van der Waals surface area contributed by atoms with Crippen molar-refractivity contribution in [2.45, 2.75) is 44.7 Å². The number of imidazole rings is 1. The van der Waals surface area contributed by atoms with E-state index in [1.807, 2.05) is 6.33 Å². The smallest absolute Gasteiger partial charge is 0.0954 e. The lowest BCUT2D eigenvalue weighted by molar-refractivity contribution is 0.0303. The average Bonchev–Trinajstić information content (AvgIpc) is 2.76. The Morgan fingerprint density at radius 3 is 2.88 bits per heavy atom. The fraction of sp³-hybridized carbons (Fsp3) is 0.769. The quantitative estimate of drug-likeness (QED) is 0.804. The van der Waals surface area contributed by atoms with E-state index in [1.165, 1.54) is 11.4 Å². The number of nitrogens with zero attached hydrogens (tertiary/aromatic N) is 2. The van der Waals surface area contributed by atoms with Gasteiger partial charge in [0.1, 0.15) is 0 Å². The topological polar surface area (TPSA) is 39.1 Å². The first-order valence-corrected chi connectivity index (χ1v) is 6.62. The SMILES string of the molecule is CC(C)n1cnc2c1C1(CCOCC1)NCC2. The van der Waals surface area contributed by atoms with Gasteiger partial charge in [-0.15, -0.1) is 0 Å². The zero-order chi connectivity index (χ0) is 11.9. The molecular formula is C13H21N3O. The Labute approximate surface area is 102 Å². The Balaban J connectivity index is 2.07. The number of rotatable bonds is 1. The average molecular weight is 235 g/mol. The number of nitrogens with one attached hydrogen (secondary N) is 1. The lowest BCUT2D eigenvalue weighted by Crippen LogP contribution is -2.51. The van der Waals surface area contributed by atoms with Crippen LogP contribution in [0.1, 0.15) is 44.1 Å². The molecule has 3 heterocycles. The minimum absolute atomic E-state index is 0.118. The third kappa shape index (κ3) is 1.70. The van der Waals surface area contributed by atoms with Crippen molar-refractivity contribution in [2.75, 3.05) is 19.8 Å². The van der Waals surface area contributed by atoms with Crippen molar-refractivity contribution in [2.24, 2.45) is 0 Å². The van der Waals surface area contributed by atoms with E-state index in [0.29, 0.717) is 6.04 Å². The summed E-state index contributed by atoms with van der Waals surface area (Å²) in [5.41, 5.74) is 2.83. The lowest BCUT2D eigenvalue weighted by Gasteiger charge is -2.42. The van der Waals surface area contributed by atoms with Crippen molar-refractivity contribution in [3.8, 4) is 0 Å². The van der Waals surface area contributed by atoms with Crippen molar-refractivity contribution in [1.82, 2.24) is 14.9 Å². The minimum Gasteiger partial charge on any atom is -0.381 e. The molecule has 0 bridgehead atoms. The highest BCUT2D eigenvalue weighted by Crippen LogP contribution is 2.37. The predicted octanol–water partition coefficient (Wildman–Crippen LogP) is 1.62. The molecule has 0 radical (unpaired) electrons. The van der Waals surface area contributed by atoms with Gasteiger partial charge in [-0.25, -0.2) is 4.98 Å². The van der Waals surface area contributed by atoms with Gasteiger partial charge in [-0.2, -0.15) is 0 Å². The zero-order valence-corrected chi connectivity index (χ0v) is 10.7. The maximum Gasteiger partial charge on any atom is 0.0954 e. The summed E-state index contributed by atoms with van der Waals surface area (Å²) in [5, 5.41) is 3.73. The first-order chi connectivity index (χ1) is 8.23. The molecule has 1 fully saturated rings. The summed E-state index contributed by atoms with van der Waals surface area (Å²) in [4.78, 5) is 4.61. The predicted molar refractivity (Wildman–Crippen MR) is 66.0 cm³/mol. The summed E-state index contributed by atoms with van der Waals surface area (Å²) in [6.45, 7) is 7.21. The molecule has 0 saturated carbocycles. The van der Waals surface area contributed by atoms with E-state index in [2.05, 4.69) is 28.7 Å². The van der Waals surface area contributed by atoms with E-state index < -0.39 is 0 Å². The van der Waals surface area contributed by atoms with Crippen LogP contribution in [0.4, 0.5) is 0 Å². The fourth-order valence-electron chi connectivity index (χ4n) is 3.13. The number of aromatic nitrogens is 2. The van der Waals surface area contributed by atoms with Crippen LogP contribution in [0.3, 0.4) is 0 Å². The van der Waals surface area contributed by atoms with Crippen molar-refractivity contribution in [1.29, 1.82) is 0 Å². The number of ether oxygens (including phenoxy) is 1. The molecule has 0 atom stereocenters.